The van der Waals surface area contributed by atoms with Crippen molar-refractivity contribution in [3.8, 4) is 17.1 Å². The SMILES string of the molecule is COc1ccccc1-c1noc(CNC(C)Cn2cccn2)n1. The lowest BCUT2D eigenvalue weighted by molar-refractivity contribution is 0.350. The van der Waals surface area contributed by atoms with E-state index in [0.29, 0.717) is 18.3 Å². The summed E-state index contributed by atoms with van der Waals surface area (Å²) in [6, 6.07) is 9.73. The highest BCUT2D eigenvalue weighted by Crippen LogP contribution is 2.26. The maximum atomic E-state index is 5.32. The highest BCUT2D eigenvalue weighted by Gasteiger charge is 2.13. The van der Waals surface area contributed by atoms with Gasteiger partial charge in [0.15, 0.2) is 0 Å². The van der Waals surface area contributed by atoms with Gasteiger partial charge in [-0.15, -0.1) is 0 Å². The van der Waals surface area contributed by atoms with Crippen molar-refractivity contribution in [2.24, 2.45) is 0 Å². The minimum Gasteiger partial charge on any atom is -0.496 e. The first-order valence-corrected chi connectivity index (χ1v) is 7.43. The summed E-state index contributed by atoms with van der Waals surface area (Å²) in [5, 5.41) is 11.6. The Balaban J connectivity index is 1.61. The average molecular weight is 313 g/mol. The molecule has 23 heavy (non-hydrogen) atoms. The minimum absolute atomic E-state index is 0.233. The molecule has 0 amide bonds. The van der Waals surface area contributed by atoms with Crippen LogP contribution in [0.15, 0.2) is 47.2 Å². The molecule has 7 nitrogen and oxygen atoms in total. The molecule has 0 aliphatic rings. The summed E-state index contributed by atoms with van der Waals surface area (Å²) < 4.78 is 12.5. The van der Waals surface area contributed by atoms with Crippen molar-refractivity contribution in [2.75, 3.05) is 7.11 Å². The van der Waals surface area contributed by atoms with Gasteiger partial charge in [-0.3, -0.25) is 4.68 Å². The van der Waals surface area contributed by atoms with Crippen molar-refractivity contribution in [3.05, 3.63) is 48.6 Å². The first-order valence-electron chi connectivity index (χ1n) is 7.43. The normalized spacial score (nSPS) is 12.3. The number of methoxy groups -OCH3 is 1. The first-order chi connectivity index (χ1) is 11.3. The fourth-order valence-corrected chi connectivity index (χ4v) is 2.28. The van der Waals surface area contributed by atoms with Crippen LogP contribution >= 0.6 is 0 Å². The second-order valence-electron chi connectivity index (χ2n) is 5.22. The molecule has 2 aromatic heterocycles. The number of nitrogens with zero attached hydrogens (tertiary/aromatic N) is 4. The van der Waals surface area contributed by atoms with E-state index >= 15 is 0 Å². The van der Waals surface area contributed by atoms with Crippen molar-refractivity contribution in [3.63, 3.8) is 0 Å². The molecule has 1 N–H and O–H groups in total. The molecule has 3 aromatic rings. The molecule has 1 aromatic carbocycles. The lowest BCUT2D eigenvalue weighted by atomic mass is 10.2. The molecular formula is C16H19N5O2. The number of nitrogens with one attached hydrogen (secondary N) is 1. The van der Waals surface area contributed by atoms with E-state index in [9.17, 15) is 0 Å². The van der Waals surface area contributed by atoms with Gasteiger partial charge >= 0.3 is 0 Å². The van der Waals surface area contributed by atoms with Gasteiger partial charge in [-0.1, -0.05) is 17.3 Å². The zero-order valence-corrected chi connectivity index (χ0v) is 13.1. The lowest BCUT2D eigenvalue weighted by Crippen LogP contribution is -2.30. The summed E-state index contributed by atoms with van der Waals surface area (Å²) in [5.41, 5.74) is 0.814. The van der Waals surface area contributed by atoms with Gasteiger partial charge in [0.1, 0.15) is 5.75 Å². The highest BCUT2D eigenvalue weighted by atomic mass is 16.5. The number of benzene rings is 1. The maximum Gasteiger partial charge on any atom is 0.240 e. The summed E-state index contributed by atoms with van der Waals surface area (Å²) in [4.78, 5) is 4.42. The van der Waals surface area contributed by atoms with Gasteiger partial charge in [0.2, 0.25) is 11.7 Å². The van der Waals surface area contributed by atoms with Gasteiger partial charge in [-0.05, 0) is 25.1 Å². The molecule has 0 aliphatic heterocycles. The third-order valence-corrected chi connectivity index (χ3v) is 3.44. The number of hydrogen-bond donors (Lipinski definition) is 1. The molecule has 120 valence electrons. The van der Waals surface area contributed by atoms with Crippen LogP contribution in [0.3, 0.4) is 0 Å². The maximum absolute atomic E-state index is 5.32. The van der Waals surface area contributed by atoms with E-state index in [0.717, 1.165) is 17.9 Å². The van der Waals surface area contributed by atoms with Gasteiger partial charge in [-0.25, -0.2) is 0 Å². The van der Waals surface area contributed by atoms with E-state index in [2.05, 4.69) is 27.5 Å². The number of hydrogen-bond acceptors (Lipinski definition) is 6. The Bertz CT molecular complexity index is 739. The third-order valence-electron chi connectivity index (χ3n) is 3.44. The van der Waals surface area contributed by atoms with E-state index in [4.69, 9.17) is 9.26 Å². The molecule has 0 saturated carbocycles. The van der Waals surface area contributed by atoms with Gasteiger partial charge in [0.25, 0.3) is 0 Å². The summed E-state index contributed by atoms with van der Waals surface area (Å²) in [6.07, 6.45) is 3.70. The first kappa shape index (κ1) is 15.2. The fraction of sp³-hybridized carbons (Fsp3) is 0.312. The van der Waals surface area contributed by atoms with E-state index in [1.54, 1.807) is 13.3 Å². The lowest BCUT2D eigenvalue weighted by Gasteiger charge is -2.11. The van der Waals surface area contributed by atoms with Crippen molar-refractivity contribution >= 4 is 0 Å². The van der Waals surface area contributed by atoms with Crippen LogP contribution in [0.2, 0.25) is 0 Å². The molecule has 0 aliphatic carbocycles. The van der Waals surface area contributed by atoms with Crippen molar-refractivity contribution in [2.45, 2.75) is 26.1 Å². The fourth-order valence-electron chi connectivity index (χ4n) is 2.28. The monoisotopic (exact) mass is 313 g/mol. The van der Waals surface area contributed by atoms with Gasteiger partial charge < -0.3 is 14.6 Å². The van der Waals surface area contributed by atoms with Crippen LogP contribution in [-0.4, -0.2) is 33.1 Å². The standard InChI is InChI=1S/C16H19N5O2/c1-12(11-21-9-5-8-18-21)17-10-15-19-16(20-23-15)13-6-3-4-7-14(13)22-2/h3-9,12,17H,10-11H2,1-2H3. The molecule has 1 atom stereocenters. The minimum atomic E-state index is 0.233. The van der Waals surface area contributed by atoms with Crippen LogP contribution in [0.5, 0.6) is 5.75 Å². The Morgan fingerprint density at radius 2 is 2.17 bits per heavy atom. The smallest absolute Gasteiger partial charge is 0.240 e. The van der Waals surface area contributed by atoms with Crippen molar-refractivity contribution in [1.29, 1.82) is 0 Å². The van der Waals surface area contributed by atoms with E-state index < -0.39 is 0 Å². The third kappa shape index (κ3) is 3.75. The van der Waals surface area contributed by atoms with Crippen LogP contribution in [0, 0.1) is 0 Å². The topological polar surface area (TPSA) is 78.0 Å². The molecular weight excluding hydrogens is 294 g/mol. The molecule has 0 saturated heterocycles. The van der Waals surface area contributed by atoms with Crippen LogP contribution in [0.4, 0.5) is 0 Å². The van der Waals surface area contributed by atoms with Crippen molar-refractivity contribution in [1.82, 2.24) is 25.2 Å². The Hall–Kier alpha value is -2.67. The molecule has 0 fully saturated rings. The zero-order valence-electron chi connectivity index (χ0n) is 13.1. The van der Waals surface area contributed by atoms with E-state index in [1.165, 1.54) is 0 Å². The van der Waals surface area contributed by atoms with E-state index in [-0.39, 0.29) is 6.04 Å². The second-order valence-corrected chi connectivity index (χ2v) is 5.22. The van der Waals surface area contributed by atoms with Crippen LogP contribution in [0.1, 0.15) is 12.8 Å². The summed E-state index contributed by atoms with van der Waals surface area (Å²) in [5.74, 6) is 1.79. The molecule has 7 heteroatoms. The summed E-state index contributed by atoms with van der Waals surface area (Å²) in [7, 11) is 1.62. The molecule has 0 radical (unpaired) electrons. The number of para-hydroxylation sites is 1. The van der Waals surface area contributed by atoms with Gasteiger partial charge in [-0.2, -0.15) is 10.1 Å². The van der Waals surface area contributed by atoms with Crippen LogP contribution < -0.4 is 10.1 Å². The Kier molecular flexibility index (Phi) is 4.68. The largest absolute Gasteiger partial charge is 0.496 e. The predicted octanol–water partition coefficient (Wildman–Crippen LogP) is 2.12. The van der Waals surface area contributed by atoms with E-state index in [1.807, 2.05) is 41.2 Å². The second kappa shape index (κ2) is 7.06. The summed E-state index contributed by atoms with van der Waals surface area (Å²) in [6.45, 7) is 3.37. The van der Waals surface area contributed by atoms with Gasteiger partial charge in [0, 0.05) is 18.4 Å². The molecule has 3 rings (SSSR count). The predicted molar refractivity (Wildman–Crippen MR) is 84.8 cm³/mol. The van der Waals surface area contributed by atoms with Crippen LogP contribution in [-0.2, 0) is 13.1 Å². The average Bonchev–Trinajstić information content (AvgIpc) is 3.24. The Labute approximate surface area is 134 Å². The zero-order chi connectivity index (χ0) is 16.1. The molecule has 0 bridgehead atoms. The number of ether oxygens (including phenoxy) is 1. The molecule has 2 heterocycles. The van der Waals surface area contributed by atoms with Gasteiger partial charge in [0.05, 0.1) is 25.8 Å². The Morgan fingerprint density at radius 1 is 1.30 bits per heavy atom. The number of rotatable bonds is 7. The Morgan fingerprint density at radius 3 is 2.96 bits per heavy atom. The van der Waals surface area contributed by atoms with Crippen LogP contribution in [0.25, 0.3) is 11.4 Å². The highest BCUT2D eigenvalue weighted by molar-refractivity contribution is 5.63. The van der Waals surface area contributed by atoms with Crippen molar-refractivity contribution < 1.29 is 9.26 Å². The molecule has 0 spiro atoms. The quantitative estimate of drug-likeness (QED) is 0.720. The number of aromatic nitrogens is 4. The molecule has 1 unspecified atom stereocenters. The summed E-state index contributed by atoms with van der Waals surface area (Å²) >= 11 is 0.